The Bertz CT molecular complexity index is 509. The van der Waals surface area contributed by atoms with Crippen molar-refractivity contribution in [3.63, 3.8) is 0 Å². The zero-order valence-corrected chi connectivity index (χ0v) is 11.7. The van der Waals surface area contributed by atoms with Gasteiger partial charge in [-0.2, -0.15) is 0 Å². The van der Waals surface area contributed by atoms with Gasteiger partial charge in [0.05, 0.1) is 12.8 Å². The first-order chi connectivity index (χ1) is 9.03. The Labute approximate surface area is 113 Å². The first-order valence-corrected chi connectivity index (χ1v) is 5.96. The molecule has 1 amide bonds. The average Bonchev–Trinajstić information content (AvgIpc) is 2.39. The lowest BCUT2D eigenvalue weighted by Crippen LogP contribution is -2.15. The molecule has 0 aliphatic rings. The molecule has 0 aromatic heterocycles. The van der Waals surface area contributed by atoms with Gasteiger partial charge in [0.1, 0.15) is 5.75 Å². The standard InChI is InChI=1S/C14H19N3O2/c1-9(8-15)14(16-3)12-7-11(17-10(2)18)5-6-13(12)19-4/h5-9,15H,1-4H3,(H,17,18). The summed E-state index contributed by atoms with van der Waals surface area (Å²) in [5.74, 6) is 0.418. The van der Waals surface area contributed by atoms with Crippen LogP contribution in [0.3, 0.4) is 0 Å². The molecule has 19 heavy (non-hydrogen) atoms. The van der Waals surface area contributed by atoms with E-state index < -0.39 is 0 Å². The molecule has 0 saturated heterocycles. The number of anilines is 1. The van der Waals surface area contributed by atoms with Crippen LogP contribution in [0.15, 0.2) is 23.2 Å². The second-order valence-corrected chi connectivity index (χ2v) is 4.16. The fourth-order valence-corrected chi connectivity index (χ4v) is 1.84. The number of nitrogens with zero attached hydrogens (tertiary/aromatic N) is 1. The zero-order valence-electron chi connectivity index (χ0n) is 11.7. The molecule has 1 rings (SSSR count). The van der Waals surface area contributed by atoms with Gasteiger partial charge in [-0.25, -0.2) is 0 Å². The number of amides is 1. The van der Waals surface area contributed by atoms with E-state index in [1.54, 1.807) is 26.3 Å². The van der Waals surface area contributed by atoms with E-state index in [4.69, 9.17) is 10.1 Å². The topological polar surface area (TPSA) is 74.5 Å². The number of aliphatic imine (C=N–C) groups is 1. The molecular weight excluding hydrogens is 242 g/mol. The smallest absolute Gasteiger partial charge is 0.221 e. The second-order valence-electron chi connectivity index (χ2n) is 4.16. The normalized spacial score (nSPS) is 12.7. The second kappa shape index (κ2) is 6.68. The highest BCUT2D eigenvalue weighted by Crippen LogP contribution is 2.25. The van der Waals surface area contributed by atoms with Crippen molar-refractivity contribution in [1.29, 1.82) is 5.41 Å². The van der Waals surface area contributed by atoms with Crippen molar-refractivity contribution in [1.82, 2.24) is 0 Å². The van der Waals surface area contributed by atoms with Crippen LogP contribution >= 0.6 is 0 Å². The summed E-state index contributed by atoms with van der Waals surface area (Å²) in [5, 5.41) is 10.1. The molecular formula is C14H19N3O2. The molecule has 5 nitrogen and oxygen atoms in total. The third kappa shape index (κ3) is 3.64. The van der Waals surface area contributed by atoms with Crippen molar-refractivity contribution in [2.75, 3.05) is 19.5 Å². The number of benzene rings is 1. The molecule has 1 aromatic carbocycles. The van der Waals surface area contributed by atoms with Gasteiger partial charge in [0.15, 0.2) is 0 Å². The van der Waals surface area contributed by atoms with Crippen molar-refractivity contribution in [2.45, 2.75) is 13.8 Å². The van der Waals surface area contributed by atoms with E-state index in [1.165, 1.54) is 13.1 Å². The molecule has 1 atom stereocenters. The molecule has 1 aromatic rings. The summed E-state index contributed by atoms with van der Waals surface area (Å²) in [6.45, 7) is 3.35. The Balaban J connectivity index is 3.28. The Morgan fingerprint density at radius 3 is 2.68 bits per heavy atom. The molecule has 0 aliphatic heterocycles. The molecule has 102 valence electrons. The minimum Gasteiger partial charge on any atom is -0.496 e. The predicted octanol–water partition coefficient (Wildman–Crippen LogP) is 2.36. The maximum Gasteiger partial charge on any atom is 0.221 e. The monoisotopic (exact) mass is 261 g/mol. The first kappa shape index (κ1) is 14.9. The third-order valence-electron chi connectivity index (χ3n) is 2.72. The number of nitrogens with one attached hydrogen (secondary N) is 2. The lowest BCUT2D eigenvalue weighted by Gasteiger charge is -2.15. The van der Waals surface area contributed by atoms with Gasteiger partial charge in [-0.15, -0.1) is 0 Å². The maximum absolute atomic E-state index is 11.1. The molecule has 5 heteroatoms. The number of carbonyl (C=O) groups excluding carboxylic acids is 1. The van der Waals surface area contributed by atoms with E-state index in [2.05, 4.69) is 10.3 Å². The molecule has 2 N–H and O–H groups in total. The van der Waals surface area contributed by atoms with Crippen LogP contribution in [-0.4, -0.2) is 32.0 Å². The Morgan fingerprint density at radius 1 is 1.53 bits per heavy atom. The Hall–Kier alpha value is -2.17. The minimum atomic E-state index is -0.133. The molecule has 0 fully saturated rings. The van der Waals surface area contributed by atoms with Crippen LogP contribution in [0, 0.1) is 11.3 Å². The van der Waals surface area contributed by atoms with Gasteiger partial charge < -0.3 is 15.5 Å². The van der Waals surface area contributed by atoms with Crippen LogP contribution in [0.2, 0.25) is 0 Å². The summed E-state index contributed by atoms with van der Waals surface area (Å²) >= 11 is 0. The Kier molecular flexibility index (Phi) is 5.23. The largest absolute Gasteiger partial charge is 0.496 e. The first-order valence-electron chi connectivity index (χ1n) is 5.96. The lowest BCUT2D eigenvalue weighted by atomic mass is 9.97. The van der Waals surface area contributed by atoms with Gasteiger partial charge >= 0.3 is 0 Å². The van der Waals surface area contributed by atoms with E-state index in [-0.39, 0.29) is 11.8 Å². The van der Waals surface area contributed by atoms with Gasteiger partial charge in [0.2, 0.25) is 5.91 Å². The van der Waals surface area contributed by atoms with Gasteiger partial charge in [-0.05, 0) is 18.2 Å². The summed E-state index contributed by atoms with van der Waals surface area (Å²) in [6.07, 6.45) is 1.33. The molecule has 1 unspecified atom stereocenters. The van der Waals surface area contributed by atoms with Gasteiger partial charge in [-0.3, -0.25) is 9.79 Å². The summed E-state index contributed by atoms with van der Waals surface area (Å²) in [6, 6.07) is 5.36. The number of carbonyl (C=O) groups is 1. The average molecular weight is 261 g/mol. The molecule has 0 bridgehead atoms. The van der Waals surface area contributed by atoms with Crippen LogP contribution < -0.4 is 10.1 Å². The molecule has 0 saturated carbocycles. The molecule has 0 spiro atoms. The van der Waals surface area contributed by atoms with E-state index in [1.807, 2.05) is 13.0 Å². The van der Waals surface area contributed by atoms with Crippen molar-refractivity contribution in [3.8, 4) is 5.75 Å². The van der Waals surface area contributed by atoms with Crippen LogP contribution in [0.4, 0.5) is 5.69 Å². The van der Waals surface area contributed by atoms with Crippen molar-refractivity contribution < 1.29 is 9.53 Å². The van der Waals surface area contributed by atoms with Crippen molar-refractivity contribution in [2.24, 2.45) is 10.9 Å². The third-order valence-corrected chi connectivity index (χ3v) is 2.72. The van der Waals surface area contributed by atoms with Crippen molar-refractivity contribution in [3.05, 3.63) is 23.8 Å². The predicted molar refractivity (Wildman–Crippen MR) is 77.7 cm³/mol. The summed E-state index contributed by atoms with van der Waals surface area (Å²) in [7, 11) is 3.26. The minimum absolute atomic E-state index is 0.119. The number of ether oxygens (including phenoxy) is 1. The molecule has 0 radical (unpaired) electrons. The van der Waals surface area contributed by atoms with Crippen LogP contribution in [0.5, 0.6) is 5.75 Å². The van der Waals surface area contributed by atoms with E-state index in [0.29, 0.717) is 11.4 Å². The fourth-order valence-electron chi connectivity index (χ4n) is 1.84. The number of hydrogen-bond donors (Lipinski definition) is 2. The number of hydrogen-bond acceptors (Lipinski definition) is 4. The van der Waals surface area contributed by atoms with Crippen LogP contribution in [0.1, 0.15) is 19.4 Å². The van der Waals surface area contributed by atoms with Gasteiger partial charge in [0, 0.05) is 37.4 Å². The van der Waals surface area contributed by atoms with E-state index in [9.17, 15) is 4.79 Å². The summed E-state index contributed by atoms with van der Waals surface area (Å²) < 4.78 is 5.31. The summed E-state index contributed by atoms with van der Waals surface area (Å²) in [4.78, 5) is 15.3. The summed E-state index contributed by atoms with van der Waals surface area (Å²) in [5.41, 5.74) is 2.22. The van der Waals surface area contributed by atoms with E-state index >= 15 is 0 Å². The highest BCUT2D eigenvalue weighted by molar-refractivity contribution is 6.11. The molecule has 0 heterocycles. The highest BCUT2D eigenvalue weighted by Gasteiger charge is 2.15. The van der Waals surface area contributed by atoms with Crippen LogP contribution in [0.25, 0.3) is 0 Å². The number of methoxy groups -OCH3 is 1. The van der Waals surface area contributed by atoms with Crippen LogP contribution in [-0.2, 0) is 4.79 Å². The van der Waals surface area contributed by atoms with Gasteiger partial charge in [-0.1, -0.05) is 6.92 Å². The molecule has 0 aliphatic carbocycles. The quantitative estimate of drug-likeness (QED) is 0.798. The SMILES string of the molecule is CN=C(c1cc(NC(C)=O)ccc1OC)C(C)C=N. The lowest BCUT2D eigenvalue weighted by molar-refractivity contribution is -0.114. The van der Waals surface area contributed by atoms with E-state index in [0.717, 1.165) is 11.3 Å². The zero-order chi connectivity index (χ0) is 14.4. The maximum atomic E-state index is 11.1. The fraction of sp³-hybridized carbons (Fsp3) is 0.357. The number of rotatable bonds is 5. The van der Waals surface area contributed by atoms with Gasteiger partial charge in [0.25, 0.3) is 0 Å². The Morgan fingerprint density at radius 2 is 2.21 bits per heavy atom. The van der Waals surface area contributed by atoms with Crippen molar-refractivity contribution >= 4 is 23.5 Å². The highest BCUT2D eigenvalue weighted by atomic mass is 16.5.